The van der Waals surface area contributed by atoms with Crippen molar-refractivity contribution in [2.45, 2.75) is 38.9 Å². The van der Waals surface area contributed by atoms with E-state index in [2.05, 4.69) is 10.2 Å². The molecule has 0 aliphatic carbocycles. The van der Waals surface area contributed by atoms with Crippen molar-refractivity contribution < 1.29 is 19.4 Å². The van der Waals surface area contributed by atoms with Crippen molar-refractivity contribution in [3.8, 4) is 11.5 Å². The molecule has 0 amide bonds. The summed E-state index contributed by atoms with van der Waals surface area (Å²) in [6.07, 6.45) is 2.46. The first-order valence-electron chi connectivity index (χ1n) is 11.3. The van der Waals surface area contributed by atoms with Gasteiger partial charge in [0.1, 0.15) is 28.5 Å². The number of fused-ring (bicyclic) bond motifs is 3. The van der Waals surface area contributed by atoms with Crippen LogP contribution < -0.4 is 25.1 Å². The minimum atomic E-state index is -1.26. The lowest BCUT2D eigenvalue weighted by atomic mass is 10.0. The van der Waals surface area contributed by atoms with Crippen LogP contribution in [0, 0.1) is 13.8 Å². The standard InChI is InChI=1S/C25H28N4O5/c1-13-14(2)23(29-11-16-7-17(29)9-26-16)27-24-21(13)22(30)19(25(31)32)12-28(24)10-15-5-6-18(33-3)8-20(15)34-4/h5-6,8,12,16-17,26H,7,9-11H2,1-4H3,(H,31,32). The number of aromatic carboxylic acids is 1. The molecule has 2 fully saturated rings. The Morgan fingerprint density at radius 2 is 2.03 bits per heavy atom. The molecule has 9 heteroatoms. The molecule has 2 saturated heterocycles. The Morgan fingerprint density at radius 1 is 1.24 bits per heavy atom. The molecule has 2 aliphatic rings. The number of hydrogen-bond donors (Lipinski definition) is 2. The van der Waals surface area contributed by atoms with E-state index in [9.17, 15) is 14.7 Å². The average Bonchev–Trinajstić information content (AvgIpc) is 3.46. The molecule has 2 unspecified atom stereocenters. The molecule has 2 aliphatic heterocycles. The third-order valence-electron chi connectivity index (χ3n) is 7.13. The van der Waals surface area contributed by atoms with Crippen molar-refractivity contribution in [1.29, 1.82) is 0 Å². The Kier molecular flexibility index (Phi) is 5.44. The number of carboxylic acids is 1. The number of rotatable bonds is 6. The van der Waals surface area contributed by atoms with Crippen LogP contribution >= 0.6 is 0 Å². The van der Waals surface area contributed by atoms with Gasteiger partial charge in [0.15, 0.2) is 0 Å². The Labute approximate surface area is 196 Å². The molecular formula is C25H28N4O5. The maximum Gasteiger partial charge on any atom is 0.341 e. The van der Waals surface area contributed by atoms with Gasteiger partial charge in [-0.3, -0.25) is 4.79 Å². The van der Waals surface area contributed by atoms with Crippen molar-refractivity contribution in [2.75, 3.05) is 32.2 Å². The van der Waals surface area contributed by atoms with Crippen molar-refractivity contribution in [3.05, 3.63) is 56.9 Å². The highest BCUT2D eigenvalue weighted by Crippen LogP contribution is 2.34. The molecule has 2 atom stereocenters. The zero-order valence-electron chi connectivity index (χ0n) is 19.7. The van der Waals surface area contributed by atoms with E-state index in [1.54, 1.807) is 24.9 Å². The molecule has 0 saturated carbocycles. The Hall–Kier alpha value is -3.59. The molecule has 2 bridgehead atoms. The van der Waals surface area contributed by atoms with Gasteiger partial charge in [-0.05, 0) is 43.5 Å². The molecule has 1 aromatic carbocycles. The van der Waals surface area contributed by atoms with Gasteiger partial charge in [0.2, 0.25) is 5.43 Å². The van der Waals surface area contributed by atoms with Gasteiger partial charge in [-0.1, -0.05) is 0 Å². The van der Waals surface area contributed by atoms with Crippen LogP contribution in [0.15, 0.2) is 29.2 Å². The van der Waals surface area contributed by atoms with Crippen LogP contribution in [0.2, 0.25) is 0 Å². The predicted octanol–water partition coefficient (Wildman–Crippen LogP) is 2.33. The number of aryl methyl sites for hydroxylation is 1. The zero-order valence-corrected chi connectivity index (χ0v) is 19.7. The van der Waals surface area contributed by atoms with Gasteiger partial charge in [-0.2, -0.15) is 0 Å². The van der Waals surface area contributed by atoms with Crippen LogP contribution in [0.1, 0.15) is 33.5 Å². The quantitative estimate of drug-likeness (QED) is 0.573. The van der Waals surface area contributed by atoms with Crippen molar-refractivity contribution >= 4 is 22.8 Å². The first kappa shape index (κ1) is 22.2. The number of carboxylic acid groups (broad SMARTS) is 1. The molecule has 4 heterocycles. The lowest BCUT2D eigenvalue weighted by Crippen LogP contribution is -2.44. The number of methoxy groups -OCH3 is 2. The van der Waals surface area contributed by atoms with Crippen molar-refractivity contribution in [1.82, 2.24) is 14.9 Å². The van der Waals surface area contributed by atoms with Gasteiger partial charge in [0.25, 0.3) is 0 Å². The topological polar surface area (TPSA) is 106 Å². The fourth-order valence-corrected chi connectivity index (χ4v) is 5.19. The van der Waals surface area contributed by atoms with E-state index >= 15 is 0 Å². The maximum atomic E-state index is 13.2. The van der Waals surface area contributed by atoms with Crippen LogP contribution in [0.3, 0.4) is 0 Å². The van der Waals surface area contributed by atoms with Crippen LogP contribution in [-0.2, 0) is 6.54 Å². The van der Waals surface area contributed by atoms with Crippen molar-refractivity contribution in [3.63, 3.8) is 0 Å². The first-order valence-corrected chi connectivity index (χ1v) is 11.3. The summed E-state index contributed by atoms with van der Waals surface area (Å²) in [6.45, 7) is 5.90. The van der Waals surface area contributed by atoms with E-state index in [1.807, 2.05) is 26.0 Å². The average molecular weight is 465 g/mol. The molecule has 34 heavy (non-hydrogen) atoms. The highest BCUT2D eigenvalue weighted by atomic mass is 16.5. The second-order valence-electron chi connectivity index (χ2n) is 9.01. The first-order chi connectivity index (χ1) is 16.3. The molecular weight excluding hydrogens is 436 g/mol. The number of piperazine rings is 1. The Bertz CT molecular complexity index is 1370. The number of carbonyl (C=O) groups is 1. The summed E-state index contributed by atoms with van der Waals surface area (Å²) in [4.78, 5) is 32.5. The van der Waals surface area contributed by atoms with E-state index in [0.717, 1.165) is 42.0 Å². The molecule has 2 aromatic heterocycles. The Morgan fingerprint density at radius 3 is 2.65 bits per heavy atom. The SMILES string of the molecule is COc1ccc(Cn2cc(C(=O)O)c(=O)c3c(C)c(C)c(N4CC5CC4CN5)nc32)c(OC)c1. The van der Waals surface area contributed by atoms with Gasteiger partial charge in [0.05, 0.1) is 26.2 Å². The molecule has 0 radical (unpaired) electrons. The van der Waals surface area contributed by atoms with Gasteiger partial charge in [0, 0.05) is 43.0 Å². The predicted molar refractivity (Wildman–Crippen MR) is 129 cm³/mol. The van der Waals surface area contributed by atoms with E-state index in [4.69, 9.17) is 14.5 Å². The Balaban J connectivity index is 1.72. The minimum Gasteiger partial charge on any atom is -0.497 e. The van der Waals surface area contributed by atoms with Crippen LogP contribution in [0.5, 0.6) is 11.5 Å². The number of nitrogens with one attached hydrogen (secondary N) is 1. The second kappa shape index (κ2) is 8.32. The second-order valence-corrected chi connectivity index (χ2v) is 9.01. The largest absolute Gasteiger partial charge is 0.497 e. The summed E-state index contributed by atoms with van der Waals surface area (Å²) in [7, 11) is 3.16. The number of ether oxygens (including phenoxy) is 2. The minimum absolute atomic E-state index is 0.276. The highest BCUT2D eigenvalue weighted by molar-refractivity contribution is 5.93. The summed E-state index contributed by atoms with van der Waals surface area (Å²) in [5.74, 6) is 0.861. The van der Waals surface area contributed by atoms with E-state index in [1.165, 1.54) is 6.20 Å². The smallest absolute Gasteiger partial charge is 0.341 e. The summed E-state index contributed by atoms with van der Waals surface area (Å²) < 4.78 is 12.6. The number of benzene rings is 1. The number of hydrogen-bond acceptors (Lipinski definition) is 7. The van der Waals surface area contributed by atoms with Gasteiger partial charge >= 0.3 is 5.97 Å². The molecule has 5 rings (SSSR count). The van der Waals surface area contributed by atoms with Crippen LogP contribution in [0.25, 0.3) is 11.0 Å². The number of nitrogens with zero attached hydrogens (tertiary/aromatic N) is 3. The third kappa shape index (κ3) is 3.47. The lowest BCUT2D eigenvalue weighted by molar-refractivity contribution is 0.0695. The van der Waals surface area contributed by atoms with Gasteiger partial charge in [-0.15, -0.1) is 0 Å². The molecule has 2 N–H and O–H groups in total. The molecule has 178 valence electrons. The zero-order chi connectivity index (χ0) is 24.1. The van der Waals surface area contributed by atoms with E-state index < -0.39 is 11.4 Å². The molecule has 9 nitrogen and oxygen atoms in total. The van der Waals surface area contributed by atoms with Crippen molar-refractivity contribution in [2.24, 2.45) is 0 Å². The molecule has 3 aromatic rings. The number of anilines is 1. The lowest BCUT2D eigenvalue weighted by Gasteiger charge is -2.31. The van der Waals surface area contributed by atoms with Gasteiger partial charge < -0.3 is 29.4 Å². The summed E-state index contributed by atoms with van der Waals surface area (Å²) in [5, 5.41) is 13.6. The number of pyridine rings is 2. The van der Waals surface area contributed by atoms with E-state index in [0.29, 0.717) is 34.6 Å². The summed E-state index contributed by atoms with van der Waals surface area (Å²) in [6, 6.07) is 6.29. The monoisotopic (exact) mass is 464 g/mol. The normalized spacial score (nSPS) is 19.1. The number of aromatic nitrogens is 2. The summed E-state index contributed by atoms with van der Waals surface area (Å²) >= 11 is 0. The molecule has 0 spiro atoms. The maximum absolute atomic E-state index is 13.2. The van der Waals surface area contributed by atoms with Crippen LogP contribution in [0.4, 0.5) is 5.82 Å². The summed E-state index contributed by atoms with van der Waals surface area (Å²) in [5.41, 5.74) is 2.18. The fourth-order valence-electron chi connectivity index (χ4n) is 5.19. The van der Waals surface area contributed by atoms with Crippen LogP contribution in [-0.4, -0.2) is 60.0 Å². The van der Waals surface area contributed by atoms with Gasteiger partial charge in [-0.25, -0.2) is 9.78 Å². The van der Waals surface area contributed by atoms with E-state index in [-0.39, 0.29) is 12.1 Å². The highest BCUT2D eigenvalue weighted by Gasteiger charge is 2.39. The fraction of sp³-hybridized carbons (Fsp3) is 0.400. The third-order valence-corrected chi connectivity index (χ3v) is 7.13.